The highest BCUT2D eigenvalue weighted by Gasteiger charge is 2.36. The van der Waals surface area contributed by atoms with E-state index in [1.165, 1.54) is 12.1 Å². The van der Waals surface area contributed by atoms with Gasteiger partial charge in [0, 0.05) is 17.0 Å². The van der Waals surface area contributed by atoms with E-state index in [0.717, 1.165) is 17.2 Å². The van der Waals surface area contributed by atoms with Gasteiger partial charge in [0.25, 0.3) is 0 Å². The summed E-state index contributed by atoms with van der Waals surface area (Å²) in [6, 6.07) is 14.8. The van der Waals surface area contributed by atoms with Gasteiger partial charge in [-0.25, -0.2) is 9.78 Å². The summed E-state index contributed by atoms with van der Waals surface area (Å²) in [5.74, 6) is -0.269. The smallest absolute Gasteiger partial charge is 0.433 e. The summed E-state index contributed by atoms with van der Waals surface area (Å²) in [4.78, 5) is 16.7. The van der Waals surface area contributed by atoms with Gasteiger partial charge >= 0.3 is 12.1 Å². The van der Waals surface area contributed by atoms with E-state index < -0.39 is 23.9 Å². The third kappa shape index (κ3) is 6.25. The van der Waals surface area contributed by atoms with E-state index >= 15 is 0 Å². The van der Waals surface area contributed by atoms with E-state index in [4.69, 9.17) is 14.7 Å². The van der Waals surface area contributed by atoms with Crippen molar-refractivity contribution in [3.63, 3.8) is 0 Å². The molecule has 3 rings (SSSR count). The number of benzene rings is 2. The molecule has 1 heterocycles. The maximum Gasteiger partial charge on any atom is 0.433 e. The second-order valence-corrected chi connectivity index (χ2v) is 8.40. The standard InChI is InChI=1S/C27H28F3N3O3/c1-4-8-18(3)24(26(34)35-5-2)36-22-10-7-6-9-21(22)17-33-23(27(28,29)30)16-32-25(33)20-13-11-19(15-31)12-14-20/h6-7,9-14,16,18,24H,4-5,8,17H2,1-3H3. The SMILES string of the molecule is CCCC(C)C(Oc1ccccc1Cn1c(C(F)(F)F)cnc1-c1ccc(C#N)cc1)C(=O)OCC. The van der Waals surface area contributed by atoms with Crippen LogP contribution in [0.25, 0.3) is 11.4 Å². The molecular formula is C27H28F3N3O3. The number of esters is 1. The van der Waals surface area contributed by atoms with Gasteiger partial charge < -0.3 is 14.0 Å². The zero-order valence-corrected chi connectivity index (χ0v) is 20.4. The Labute approximate surface area is 208 Å². The highest BCUT2D eigenvalue weighted by molar-refractivity contribution is 5.75. The van der Waals surface area contributed by atoms with E-state index in [0.29, 0.717) is 28.9 Å². The summed E-state index contributed by atoms with van der Waals surface area (Å²) in [5.41, 5.74) is 0.355. The summed E-state index contributed by atoms with van der Waals surface area (Å²) in [7, 11) is 0. The number of imidazole rings is 1. The van der Waals surface area contributed by atoms with Gasteiger partial charge in [-0.05, 0) is 43.7 Å². The molecule has 36 heavy (non-hydrogen) atoms. The monoisotopic (exact) mass is 499 g/mol. The number of para-hydroxylation sites is 1. The van der Waals surface area contributed by atoms with Gasteiger partial charge in [-0.3, -0.25) is 0 Å². The van der Waals surface area contributed by atoms with E-state index in [1.807, 2.05) is 19.9 Å². The molecule has 9 heteroatoms. The maximum absolute atomic E-state index is 13.9. The molecule has 0 aliphatic rings. The van der Waals surface area contributed by atoms with E-state index in [-0.39, 0.29) is 24.9 Å². The van der Waals surface area contributed by atoms with Gasteiger partial charge in [0.15, 0.2) is 6.10 Å². The van der Waals surface area contributed by atoms with Crippen molar-refractivity contribution in [1.29, 1.82) is 5.26 Å². The molecule has 190 valence electrons. The van der Waals surface area contributed by atoms with E-state index in [9.17, 15) is 18.0 Å². The Balaban J connectivity index is 2.03. The minimum absolute atomic E-state index is 0.0999. The summed E-state index contributed by atoms with van der Waals surface area (Å²) >= 11 is 0. The lowest BCUT2D eigenvalue weighted by Gasteiger charge is -2.25. The third-order valence-corrected chi connectivity index (χ3v) is 5.75. The normalized spacial score (nSPS) is 13.0. The molecule has 2 aromatic carbocycles. The Morgan fingerprint density at radius 2 is 1.83 bits per heavy atom. The predicted molar refractivity (Wildman–Crippen MR) is 128 cm³/mol. The maximum atomic E-state index is 13.9. The zero-order valence-electron chi connectivity index (χ0n) is 20.4. The molecule has 0 amide bonds. The van der Waals surface area contributed by atoms with Crippen LogP contribution in [0, 0.1) is 17.2 Å². The number of carbonyl (C=O) groups excluding carboxylic acids is 1. The molecule has 0 fully saturated rings. The quantitative estimate of drug-likeness (QED) is 0.309. The fourth-order valence-electron chi connectivity index (χ4n) is 3.97. The molecular weight excluding hydrogens is 471 g/mol. The second-order valence-electron chi connectivity index (χ2n) is 8.40. The van der Waals surface area contributed by atoms with Crippen molar-refractivity contribution < 1.29 is 27.4 Å². The summed E-state index contributed by atoms with van der Waals surface area (Å²) in [6.45, 7) is 5.58. The van der Waals surface area contributed by atoms with E-state index in [1.54, 1.807) is 43.3 Å². The molecule has 0 aliphatic heterocycles. The Kier molecular flexibility index (Phi) is 8.75. The molecule has 0 N–H and O–H groups in total. The van der Waals surface area contributed by atoms with Crippen LogP contribution in [-0.4, -0.2) is 28.2 Å². The molecule has 2 atom stereocenters. The number of nitrogens with zero attached hydrogens (tertiary/aromatic N) is 3. The summed E-state index contributed by atoms with van der Waals surface area (Å²) < 4.78 is 54.0. The number of nitriles is 1. The van der Waals surface area contributed by atoms with Gasteiger partial charge in [-0.1, -0.05) is 38.5 Å². The number of aromatic nitrogens is 2. The van der Waals surface area contributed by atoms with Crippen LogP contribution in [0.2, 0.25) is 0 Å². The average molecular weight is 500 g/mol. The Bertz CT molecular complexity index is 1210. The molecule has 0 spiro atoms. The van der Waals surface area contributed by atoms with Crippen molar-refractivity contribution >= 4 is 5.97 Å². The first-order valence-corrected chi connectivity index (χ1v) is 11.7. The lowest BCUT2D eigenvalue weighted by atomic mass is 9.99. The van der Waals surface area contributed by atoms with Crippen molar-refractivity contribution in [2.24, 2.45) is 5.92 Å². The van der Waals surface area contributed by atoms with Crippen molar-refractivity contribution in [1.82, 2.24) is 9.55 Å². The number of ether oxygens (including phenoxy) is 2. The molecule has 3 aromatic rings. The second kappa shape index (κ2) is 11.8. The van der Waals surface area contributed by atoms with Crippen LogP contribution in [0.15, 0.2) is 54.7 Å². The van der Waals surface area contributed by atoms with Gasteiger partial charge in [0.2, 0.25) is 0 Å². The topological polar surface area (TPSA) is 77.1 Å². The summed E-state index contributed by atoms with van der Waals surface area (Å²) in [5, 5.41) is 9.04. The number of alkyl halides is 3. The van der Waals surface area contributed by atoms with Crippen molar-refractivity contribution in [3.8, 4) is 23.2 Å². The third-order valence-electron chi connectivity index (χ3n) is 5.75. The molecule has 0 radical (unpaired) electrons. The summed E-state index contributed by atoms with van der Waals surface area (Å²) in [6.07, 6.45) is -3.19. The predicted octanol–water partition coefficient (Wildman–Crippen LogP) is 6.24. The van der Waals surface area contributed by atoms with Crippen molar-refractivity contribution in [2.75, 3.05) is 6.61 Å². The molecule has 0 saturated carbocycles. The Hall–Kier alpha value is -3.80. The highest BCUT2D eigenvalue weighted by Crippen LogP contribution is 2.34. The Morgan fingerprint density at radius 3 is 2.44 bits per heavy atom. The number of hydrogen-bond donors (Lipinski definition) is 0. The lowest BCUT2D eigenvalue weighted by Crippen LogP contribution is -2.36. The Morgan fingerprint density at radius 1 is 1.14 bits per heavy atom. The van der Waals surface area contributed by atoms with Gasteiger partial charge in [0.05, 0.1) is 31.0 Å². The van der Waals surface area contributed by atoms with Crippen molar-refractivity contribution in [2.45, 2.75) is 52.4 Å². The first-order chi connectivity index (χ1) is 17.2. The zero-order chi connectivity index (χ0) is 26.3. The van der Waals surface area contributed by atoms with Gasteiger partial charge in [-0.15, -0.1) is 0 Å². The van der Waals surface area contributed by atoms with Crippen LogP contribution < -0.4 is 4.74 Å². The highest BCUT2D eigenvalue weighted by atomic mass is 19.4. The largest absolute Gasteiger partial charge is 0.478 e. The number of hydrogen-bond acceptors (Lipinski definition) is 5. The minimum Gasteiger partial charge on any atom is -0.478 e. The van der Waals surface area contributed by atoms with Gasteiger partial charge in [0.1, 0.15) is 17.3 Å². The number of rotatable bonds is 10. The van der Waals surface area contributed by atoms with Crippen LogP contribution in [0.4, 0.5) is 13.2 Å². The average Bonchev–Trinajstić information content (AvgIpc) is 3.28. The molecule has 1 aromatic heterocycles. The van der Waals surface area contributed by atoms with Crippen LogP contribution in [-0.2, 0) is 22.3 Å². The van der Waals surface area contributed by atoms with Crippen LogP contribution >= 0.6 is 0 Å². The fraction of sp³-hybridized carbons (Fsp3) is 0.370. The number of halogens is 3. The molecule has 6 nitrogen and oxygen atoms in total. The first kappa shape index (κ1) is 26.8. The lowest BCUT2D eigenvalue weighted by molar-refractivity contribution is -0.154. The molecule has 0 bridgehead atoms. The molecule has 2 unspecified atom stereocenters. The van der Waals surface area contributed by atoms with Crippen LogP contribution in [0.3, 0.4) is 0 Å². The fourth-order valence-corrected chi connectivity index (χ4v) is 3.97. The first-order valence-electron chi connectivity index (χ1n) is 11.7. The van der Waals surface area contributed by atoms with Crippen LogP contribution in [0.5, 0.6) is 5.75 Å². The minimum atomic E-state index is -4.64. The van der Waals surface area contributed by atoms with Crippen LogP contribution in [0.1, 0.15) is 50.4 Å². The molecule has 0 saturated heterocycles. The number of carbonyl (C=O) groups is 1. The van der Waals surface area contributed by atoms with Crippen molar-refractivity contribution in [3.05, 3.63) is 71.5 Å². The van der Waals surface area contributed by atoms with Gasteiger partial charge in [-0.2, -0.15) is 18.4 Å². The van der Waals surface area contributed by atoms with E-state index in [2.05, 4.69) is 4.98 Å². The molecule has 0 aliphatic carbocycles.